The van der Waals surface area contributed by atoms with Crippen molar-refractivity contribution in [3.8, 4) is 28.3 Å². The fourth-order valence-corrected chi connectivity index (χ4v) is 8.40. The van der Waals surface area contributed by atoms with Crippen LogP contribution in [-0.2, 0) is 0 Å². The van der Waals surface area contributed by atoms with Crippen LogP contribution < -0.4 is 0 Å². The molecule has 0 aliphatic rings. The Balaban J connectivity index is 1.19. The maximum atomic E-state index is 6.73. The molecule has 0 saturated carbocycles. The molecule has 0 atom stereocenters. The smallest absolute Gasteiger partial charge is 0.235 e. The van der Waals surface area contributed by atoms with Gasteiger partial charge >= 0.3 is 0 Å². The second kappa shape index (κ2) is 10.6. The molecule has 12 aromatic rings. The molecular formula is C48H27N3O2. The molecule has 0 amide bonds. The number of benzene rings is 8. The number of furan rings is 2. The van der Waals surface area contributed by atoms with E-state index in [1.54, 1.807) is 0 Å². The highest BCUT2D eigenvalue weighted by molar-refractivity contribution is 6.22. The van der Waals surface area contributed by atoms with Crippen LogP contribution in [0.25, 0.3) is 116 Å². The molecule has 246 valence electrons. The molecule has 5 heteroatoms. The van der Waals surface area contributed by atoms with Gasteiger partial charge in [-0.3, -0.25) is 4.57 Å². The van der Waals surface area contributed by atoms with E-state index < -0.39 is 0 Å². The summed E-state index contributed by atoms with van der Waals surface area (Å²) >= 11 is 0. The summed E-state index contributed by atoms with van der Waals surface area (Å²) in [7, 11) is 0. The quantitative estimate of drug-likeness (QED) is 0.187. The van der Waals surface area contributed by atoms with E-state index in [0.717, 1.165) is 104 Å². The highest BCUT2D eigenvalue weighted by atomic mass is 16.3. The van der Waals surface area contributed by atoms with Crippen LogP contribution in [0.3, 0.4) is 0 Å². The third-order valence-corrected chi connectivity index (χ3v) is 10.8. The average Bonchev–Trinajstić information content (AvgIpc) is 3.89. The molecule has 0 aliphatic carbocycles. The lowest BCUT2D eigenvalue weighted by atomic mass is 9.94. The van der Waals surface area contributed by atoms with Crippen LogP contribution in [-0.4, -0.2) is 14.5 Å². The van der Waals surface area contributed by atoms with Crippen molar-refractivity contribution in [3.63, 3.8) is 0 Å². The van der Waals surface area contributed by atoms with Gasteiger partial charge in [-0.25, -0.2) is 9.97 Å². The highest BCUT2D eigenvalue weighted by Gasteiger charge is 2.23. The maximum Gasteiger partial charge on any atom is 0.235 e. The minimum absolute atomic E-state index is 0.579. The molecule has 8 aromatic carbocycles. The summed E-state index contributed by atoms with van der Waals surface area (Å²) in [6.07, 6.45) is 0. The number of fused-ring (bicyclic) bond motifs is 12. The number of para-hydroxylation sites is 3. The van der Waals surface area contributed by atoms with Crippen molar-refractivity contribution in [1.82, 2.24) is 14.5 Å². The first-order chi connectivity index (χ1) is 26.3. The zero-order chi connectivity index (χ0) is 34.6. The third-order valence-electron chi connectivity index (χ3n) is 10.8. The van der Waals surface area contributed by atoms with Gasteiger partial charge < -0.3 is 8.83 Å². The molecule has 0 bridgehead atoms. The minimum atomic E-state index is 0.579. The van der Waals surface area contributed by atoms with Crippen molar-refractivity contribution in [2.75, 3.05) is 0 Å². The molecule has 53 heavy (non-hydrogen) atoms. The lowest BCUT2D eigenvalue weighted by molar-refractivity contribution is 0.669. The second-order valence-corrected chi connectivity index (χ2v) is 13.7. The average molecular weight is 678 g/mol. The number of hydrogen-bond donors (Lipinski definition) is 0. The third kappa shape index (κ3) is 4.07. The van der Waals surface area contributed by atoms with Gasteiger partial charge in [0.1, 0.15) is 22.3 Å². The van der Waals surface area contributed by atoms with Gasteiger partial charge in [0.2, 0.25) is 5.95 Å². The molecule has 0 N–H and O–H groups in total. The summed E-state index contributed by atoms with van der Waals surface area (Å²) in [5.41, 5.74) is 10.2. The molecule has 0 fully saturated rings. The molecular weight excluding hydrogens is 651 g/mol. The van der Waals surface area contributed by atoms with Crippen molar-refractivity contribution in [1.29, 1.82) is 0 Å². The summed E-state index contributed by atoms with van der Waals surface area (Å²) in [6.45, 7) is 0. The Bertz CT molecular complexity index is 3460. The molecule has 4 heterocycles. The van der Waals surface area contributed by atoms with Gasteiger partial charge in [-0.1, -0.05) is 115 Å². The largest absolute Gasteiger partial charge is 0.456 e. The predicted molar refractivity (Wildman–Crippen MR) is 217 cm³/mol. The standard InChI is InChI=1S/C48H27N3O2/c1-2-12-28(13-3-1)37-25-31(27-43-44(37)38-24-29-14-4-5-15-30(29)26-42(38)52-43)45-36-18-6-9-19-39(36)49-48(50-45)51-40-20-10-7-16-32(40)34-22-23-35-33-17-8-11-21-41(33)53-47(35)46(34)51/h1-27H. The van der Waals surface area contributed by atoms with Gasteiger partial charge in [-0.05, 0) is 70.4 Å². The fraction of sp³-hybridized carbons (Fsp3) is 0. The van der Waals surface area contributed by atoms with E-state index in [1.807, 2.05) is 18.2 Å². The van der Waals surface area contributed by atoms with Gasteiger partial charge in [-0.2, -0.15) is 0 Å². The first kappa shape index (κ1) is 28.5. The number of hydrogen-bond acceptors (Lipinski definition) is 4. The molecule has 5 nitrogen and oxygen atoms in total. The van der Waals surface area contributed by atoms with E-state index in [-0.39, 0.29) is 0 Å². The maximum absolute atomic E-state index is 6.73. The minimum Gasteiger partial charge on any atom is -0.456 e. The van der Waals surface area contributed by atoms with E-state index in [1.165, 1.54) is 5.39 Å². The monoisotopic (exact) mass is 677 g/mol. The van der Waals surface area contributed by atoms with Gasteiger partial charge in [-0.15, -0.1) is 0 Å². The lowest BCUT2D eigenvalue weighted by Crippen LogP contribution is -2.03. The van der Waals surface area contributed by atoms with Gasteiger partial charge in [0.15, 0.2) is 5.58 Å². The molecule has 0 aliphatic heterocycles. The van der Waals surface area contributed by atoms with E-state index in [2.05, 4.69) is 150 Å². The van der Waals surface area contributed by atoms with Crippen LogP contribution in [0.2, 0.25) is 0 Å². The van der Waals surface area contributed by atoms with E-state index >= 15 is 0 Å². The Kier molecular flexibility index (Phi) is 5.71. The van der Waals surface area contributed by atoms with Gasteiger partial charge in [0, 0.05) is 43.3 Å². The summed E-state index contributed by atoms with van der Waals surface area (Å²) < 4.78 is 15.5. The first-order valence-electron chi connectivity index (χ1n) is 17.8. The SMILES string of the molecule is c1ccc(-c2cc(-c3nc(-n4c5ccccc5c5ccc6c7ccccc7oc6c54)nc4ccccc34)cc3oc4cc5ccccc5cc4c23)cc1. The molecule has 0 unspecified atom stereocenters. The normalized spacial score (nSPS) is 12.2. The molecule has 0 saturated heterocycles. The highest BCUT2D eigenvalue weighted by Crippen LogP contribution is 2.43. The van der Waals surface area contributed by atoms with Crippen molar-refractivity contribution in [2.45, 2.75) is 0 Å². The summed E-state index contributed by atoms with van der Waals surface area (Å²) in [5, 5.41) is 9.84. The van der Waals surface area contributed by atoms with Crippen molar-refractivity contribution < 1.29 is 8.83 Å². The fourth-order valence-electron chi connectivity index (χ4n) is 8.40. The molecule has 0 spiro atoms. The number of aromatic nitrogens is 3. The van der Waals surface area contributed by atoms with E-state index in [9.17, 15) is 0 Å². The van der Waals surface area contributed by atoms with Crippen molar-refractivity contribution >= 4 is 87.4 Å². The van der Waals surface area contributed by atoms with Crippen molar-refractivity contribution in [3.05, 3.63) is 164 Å². The number of rotatable bonds is 3. The molecule has 12 rings (SSSR count). The summed E-state index contributed by atoms with van der Waals surface area (Å²) in [5.74, 6) is 0.579. The van der Waals surface area contributed by atoms with Crippen LogP contribution in [0.15, 0.2) is 173 Å². The zero-order valence-corrected chi connectivity index (χ0v) is 28.2. The van der Waals surface area contributed by atoms with Crippen LogP contribution in [0.4, 0.5) is 0 Å². The summed E-state index contributed by atoms with van der Waals surface area (Å²) in [4.78, 5) is 10.7. The van der Waals surface area contributed by atoms with Crippen LogP contribution >= 0.6 is 0 Å². The van der Waals surface area contributed by atoms with Gasteiger partial charge in [0.05, 0.1) is 16.7 Å². The van der Waals surface area contributed by atoms with E-state index in [4.69, 9.17) is 18.8 Å². The zero-order valence-electron chi connectivity index (χ0n) is 28.2. The Morgan fingerprint density at radius 1 is 0.434 bits per heavy atom. The summed E-state index contributed by atoms with van der Waals surface area (Å²) in [6, 6.07) is 57.1. The van der Waals surface area contributed by atoms with E-state index in [0.29, 0.717) is 5.95 Å². The Morgan fingerprint density at radius 3 is 2.04 bits per heavy atom. The Hall–Kier alpha value is -7.24. The van der Waals surface area contributed by atoms with Crippen LogP contribution in [0.5, 0.6) is 0 Å². The second-order valence-electron chi connectivity index (χ2n) is 13.7. The van der Waals surface area contributed by atoms with Crippen LogP contribution in [0, 0.1) is 0 Å². The van der Waals surface area contributed by atoms with Gasteiger partial charge in [0.25, 0.3) is 0 Å². The predicted octanol–water partition coefficient (Wildman–Crippen LogP) is 13.0. The lowest BCUT2D eigenvalue weighted by Gasteiger charge is -2.13. The first-order valence-corrected chi connectivity index (χ1v) is 17.8. The van der Waals surface area contributed by atoms with Crippen molar-refractivity contribution in [2.24, 2.45) is 0 Å². The number of nitrogens with zero attached hydrogens (tertiary/aromatic N) is 3. The Labute approximate surface area is 302 Å². The molecule has 0 radical (unpaired) electrons. The molecule has 4 aromatic heterocycles. The topological polar surface area (TPSA) is 57.0 Å². The Morgan fingerprint density at radius 2 is 1.15 bits per heavy atom. The van der Waals surface area contributed by atoms with Crippen LogP contribution in [0.1, 0.15) is 0 Å².